The molecule has 6 heteroatoms. The number of nitrogens with zero attached hydrogens (tertiary/aromatic N) is 5. The molecule has 102 valence electrons. The zero-order valence-corrected chi connectivity index (χ0v) is 11.7. The van der Waals surface area contributed by atoms with Gasteiger partial charge < -0.3 is 0 Å². The predicted octanol–water partition coefficient (Wildman–Crippen LogP) is 2.91. The van der Waals surface area contributed by atoms with Crippen LogP contribution in [-0.4, -0.2) is 20.0 Å². The fourth-order valence-electron chi connectivity index (χ4n) is 2.08. The smallest absolute Gasteiger partial charge is 0.190 e. The van der Waals surface area contributed by atoms with Gasteiger partial charge in [-0.15, -0.1) is 5.10 Å². The van der Waals surface area contributed by atoms with Gasteiger partial charge in [-0.25, -0.2) is 4.68 Å². The molecule has 0 fully saturated rings. The van der Waals surface area contributed by atoms with E-state index < -0.39 is 0 Å². The van der Waals surface area contributed by atoms with Crippen LogP contribution in [-0.2, 0) is 6.54 Å². The van der Waals surface area contributed by atoms with Crippen LogP contribution in [0.5, 0.6) is 0 Å². The summed E-state index contributed by atoms with van der Waals surface area (Å²) in [4.78, 5) is 3.98. The third-order valence-electron chi connectivity index (χ3n) is 3.07. The van der Waals surface area contributed by atoms with Crippen molar-refractivity contribution in [3.8, 4) is 17.3 Å². The van der Waals surface area contributed by atoms with Crippen molar-refractivity contribution < 1.29 is 0 Å². The summed E-state index contributed by atoms with van der Waals surface area (Å²) in [6.45, 7) is 0.450. The molecule has 0 aliphatic rings. The molecule has 2 aromatic heterocycles. The summed E-state index contributed by atoms with van der Waals surface area (Å²) in [5.41, 5.74) is 2.72. The van der Waals surface area contributed by atoms with Gasteiger partial charge in [0, 0.05) is 23.0 Å². The lowest BCUT2D eigenvalue weighted by Crippen LogP contribution is -2.05. The lowest BCUT2D eigenvalue weighted by atomic mass is 10.1. The minimum atomic E-state index is 0.285. The van der Waals surface area contributed by atoms with E-state index >= 15 is 0 Å². The quantitative estimate of drug-likeness (QED) is 0.745. The molecule has 0 N–H and O–H groups in total. The molecular formula is C15H10ClN5. The Balaban J connectivity index is 2.07. The third kappa shape index (κ3) is 2.62. The van der Waals surface area contributed by atoms with Crippen molar-refractivity contribution in [2.45, 2.75) is 6.54 Å². The number of hydrogen-bond acceptors (Lipinski definition) is 4. The van der Waals surface area contributed by atoms with E-state index in [1.165, 1.54) is 0 Å². The minimum absolute atomic E-state index is 0.285. The van der Waals surface area contributed by atoms with Crippen LogP contribution in [0.15, 0.2) is 48.8 Å². The monoisotopic (exact) mass is 295 g/mol. The zero-order chi connectivity index (χ0) is 14.7. The molecule has 0 spiro atoms. The molecule has 2 heterocycles. The van der Waals surface area contributed by atoms with Gasteiger partial charge in [0.15, 0.2) is 5.69 Å². The van der Waals surface area contributed by atoms with Crippen molar-refractivity contribution in [1.82, 2.24) is 20.0 Å². The highest BCUT2D eigenvalue weighted by molar-refractivity contribution is 6.31. The average molecular weight is 296 g/mol. The Morgan fingerprint density at radius 3 is 2.62 bits per heavy atom. The van der Waals surface area contributed by atoms with Crippen molar-refractivity contribution in [3.05, 3.63) is 65.1 Å². The second-order valence-corrected chi connectivity index (χ2v) is 4.79. The highest BCUT2D eigenvalue weighted by atomic mass is 35.5. The van der Waals surface area contributed by atoms with Crippen LogP contribution in [0.3, 0.4) is 0 Å². The predicted molar refractivity (Wildman–Crippen MR) is 78.5 cm³/mol. The van der Waals surface area contributed by atoms with Gasteiger partial charge in [-0.3, -0.25) is 4.98 Å². The van der Waals surface area contributed by atoms with Crippen LogP contribution in [0.4, 0.5) is 0 Å². The van der Waals surface area contributed by atoms with E-state index in [2.05, 4.69) is 21.4 Å². The largest absolute Gasteiger partial charge is 0.265 e. The molecule has 0 aliphatic heterocycles. The van der Waals surface area contributed by atoms with E-state index in [9.17, 15) is 5.26 Å². The normalized spacial score (nSPS) is 10.3. The Kier molecular flexibility index (Phi) is 3.63. The number of rotatable bonds is 3. The van der Waals surface area contributed by atoms with Crippen LogP contribution in [0, 0.1) is 11.3 Å². The summed E-state index contributed by atoms with van der Waals surface area (Å²) < 4.78 is 1.68. The maximum absolute atomic E-state index is 9.21. The summed E-state index contributed by atoms with van der Waals surface area (Å²) in [6, 6.07) is 13.2. The molecule has 0 bridgehead atoms. The summed E-state index contributed by atoms with van der Waals surface area (Å²) in [6.07, 6.45) is 3.34. The summed E-state index contributed by atoms with van der Waals surface area (Å²) in [5, 5.41) is 17.9. The zero-order valence-electron chi connectivity index (χ0n) is 10.9. The van der Waals surface area contributed by atoms with Crippen molar-refractivity contribution >= 4 is 11.6 Å². The number of halogens is 1. The van der Waals surface area contributed by atoms with Crippen molar-refractivity contribution in [2.24, 2.45) is 0 Å². The van der Waals surface area contributed by atoms with Gasteiger partial charge in [0.1, 0.15) is 11.8 Å². The number of benzene rings is 1. The van der Waals surface area contributed by atoms with Crippen LogP contribution >= 0.6 is 11.6 Å². The molecule has 3 aromatic rings. The Hall–Kier alpha value is -2.71. The maximum Gasteiger partial charge on any atom is 0.190 e. The van der Waals surface area contributed by atoms with Crippen LogP contribution in [0.2, 0.25) is 5.02 Å². The number of aromatic nitrogens is 4. The molecule has 0 saturated carbocycles. The average Bonchev–Trinajstić information content (AvgIpc) is 2.93. The Labute approximate surface area is 126 Å². The molecule has 5 nitrogen and oxygen atoms in total. The van der Waals surface area contributed by atoms with Crippen LogP contribution < -0.4 is 0 Å². The van der Waals surface area contributed by atoms with E-state index in [-0.39, 0.29) is 5.69 Å². The molecule has 0 amide bonds. The first kappa shape index (κ1) is 13.3. The molecular weight excluding hydrogens is 286 g/mol. The van der Waals surface area contributed by atoms with E-state index in [0.717, 1.165) is 11.1 Å². The number of nitriles is 1. The van der Waals surface area contributed by atoms with E-state index in [1.54, 1.807) is 17.1 Å². The van der Waals surface area contributed by atoms with Gasteiger partial charge in [0.05, 0.1) is 6.54 Å². The van der Waals surface area contributed by atoms with Crippen LogP contribution in [0.25, 0.3) is 11.3 Å². The fraction of sp³-hybridized carbons (Fsp3) is 0.0667. The lowest BCUT2D eigenvalue weighted by Gasteiger charge is -2.08. The van der Waals surface area contributed by atoms with E-state index in [0.29, 0.717) is 17.3 Å². The summed E-state index contributed by atoms with van der Waals surface area (Å²) in [5.74, 6) is 0. The third-order valence-corrected chi connectivity index (χ3v) is 3.44. The first-order chi connectivity index (χ1) is 10.3. The lowest BCUT2D eigenvalue weighted by molar-refractivity contribution is 0.655. The van der Waals surface area contributed by atoms with Gasteiger partial charge in [-0.05, 0) is 23.8 Å². The summed E-state index contributed by atoms with van der Waals surface area (Å²) in [7, 11) is 0. The number of pyridine rings is 1. The molecule has 0 saturated heterocycles. The fourth-order valence-corrected chi connectivity index (χ4v) is 2.28. The van der Waals surface area contributed by atoms with Gasteiger partial charge in [0.25, 0.3) is 0 Å². The standard InChI is InChI=1S/C15H10ClN5/c16-13-4-2-1-3-12(13)10-21-15(14(9-17)19-20-21)11-5-7-18-8-6-11/h1-8H,10H2. The molecule has 0 unspecified atom stereocenters. The maximum atomic E-state index is 9.21. The molecule has 1 aromatic carbocycles. The molecule has 0 aliphatic carbocycles. The highest BCUT2D eigenvalue weighted by Crippen LogP contribution is 2.23. The Morgan fingerprint density at radius 1 is 1.14 bits per heavy atom. The first-order valence-corrected chi connectivity index (χ1v) is 6.65. The van der Waals surface area contributed by atoms with Crippen LogP contribution in [0.1, 0.15) is 11.3 Å². The van der Waals surface area contributed by atoms with Crippen molar-refractivity contribution in [3.63, 3.8) is 0 Å². The summed E-state index contributed by atoms with van der Waals surface area (Å²) >= 11 is 6.18. The number of hydrogen-bond donors (Lipinski definition) is 0. The topological polar surface area (TPSA) is 67.4 Å². The minimum Gasteiger partial charge on any atom is -0.265 e. The van der Waals surface area contributed by atoms with Gasteiger partial charge >= 0.3 is 0 Å². The highest BCUT2D eigenvalue weighted by Gasteiger charge is 2.15. The molecule has 0 atom stereocenters. The van der Waals surface area contributed by atoms with Crippen molar-refractivity contribution in [1.29, 1.82) is 5.26 Å². The van der Waals surface area contributed by atoms with Gasteiger partial charge in [0.2, 0.25) is 0 Å². The van der Waals surface area contributed by atoms with E-state index in [1.807, 2.05) is 36.4 Å². The second-order valence-electron chi connectivity index (χ2n) is 4.38. The Morgan fingerprint density at radius 2 is 1.90 bits per heavy atom. The van der Waals surface area contributed by atoms with Crippen molar-refractivity contribution in [2.75, 3.05) is 0 Å². The van der Waals surface area contributed by atoms with Gasteiger partial charge in [-0.1, -0.05) is 35.0 Å². The first-order valence-electron chi connectivity index (χ1n) is 6.27. The molecule has 21 heavy (non-hydrogen) atoms. The second kappa shape index (κ2) is 5.73. The Bertz CT molecular complexity index is 804. The SMILES string of the molecule is N#Cc1nnn(Cc2ccccc2Cl)c1-c1ccncc1. The van der Waals surface area contributed by atoms with E-state index in [4.69, 9.17) is 11.6 Å². The van der Waals surface area contributed by atoms with Gasteiger partial charge in [-0.2, -0.15) is 5.26 Å². The molecule has 0 radical (unpaired) electrons. The molecule has 3 rings (SSSR count).